The lowest BCUT2D eigenvalue weighted by Gasteiger charge is -2.25. The van der Waals surface area contributed by atoms with Gasteiger partial charge in [0.25, 0.3) is 5.91 Å². The molecule has 0 atom stereocenters. The topological polar surface area (TPSA) is 44.9 Å². The summed E-state index contributed by atoms with van der Waals surface area (Å²) in [7, 11) is 0. The molecule has 0 unspecified atom stereocenters. The Kier molecular flexibility index (Phi) is 3.46. The molecular formula is C11H15BrN2O. The Labute approximate surface area is 97.8 Å². The van der Waals surface area contributed by atoms with Gasteiger partial charge < -0.3 is 10.3 Å². The van der Waals surface area contributed by atoms with Crippen LogP contribution in [0.5, 0.6) is 0 Å². The van der Waals surface area contributed by atoms with E-state index in [0.29, 0.717) is 5.69 Å². The van der Waals surface area contributed by atoms with Crippen molar-refractivity contribution in [3.8, 4) is 0 Å². The summed E-state index contributed by atoms with van der Waals surface area (Å²) < 4.78 is 0.909. The Morgan fingerprint density at radius 2 is 2.40 bits per heavy atom. The lowest BCUT2D eigenvalue weighted by molar-refractivity contribution is 0.0944. The molecule has 0 bridgehead atoms. The number of amides is 1. The largest absolute Gasteiger partial charge is 0.356 e. The zero-order valence-electron chi connectivity index (χ0n) is 8.55. The lowest BCUT2D eigenvalue weighted by Crippen LogP contribution is -2.27. The summed E-state index contributed by atoms with van der Waals surface area (Å²) in [6, 6.07) is 1.79. The Hall–Kier alpha value is -0.770. The Morgan fingerprint density at radius 1 is 1.60 bits per heavy atom. The number of nitrogens with one attached hydrogen (secondary N) is 2. The third-order valence-electron chi connectivity index (χ3n) is 2.96. The van der Waals surface area contributed by atoms with Crippen molar-refractivity contribution >= 4 is 21.8 Å². The Morgan fingerprint density at radius 3 is 2.93 bits per heavy atom. The highest BCUT2D eigenvalue weighted by molar-refractivity contribution is 9.10. The van der Waals surface area contributed by atoms with Crippen LogP contribution in [0.15, 0.2) is 16.7 Å². The lowest BCUT2D eigenvalue weighted by atomic mass is 9.83. The van der Waals surface area contributed by atoms with E-state index >= 15 is 0 Å². The van der Waals surface area contributed by atoms with Crippen molar-refractivity contribution in [1.82, 2.24) is 10.3 Å². The van der Waals surface area contributed by atoms with E-state index in [1.165, 1.54) is 19.3 Å². The van der Waals surface area contributed by atoms with Gasteiger partial charge in [0.15, 0.2) is 0 Å². The SMILES string of the molecule is O=C(NCCC1CCC1)c1cc(Br)c[nH]1. The minimum absolute atomic E-state index is 0.0139. The van der Waals surface area contributed by atoms with E-state index in [-0.39, 0.29) is 5.91 Å². The highest BCUT2D eigenvalue weighted by Gasteiger charge is 2.17. The van der Waals surface area contributed by atoms with Crippen LogP contribution in [-0.4, -0.2) is 17.4 Å². The molecular weight excluding hydrogens is 256 g/mol. The van der Waals surface area contributed by atoms with Gasteiger partial charge >= 0.3 is 0 Å². The molecule has 1 aromatic heterocycles. The van der Waals surface area contributed by atoms with Crippen LogP contribution < -0.4 is 5.32 Å². The second-order valence-corrected chi connectivity index (χ2v) is 4.99. The standard InChI is InChI=1S/C11H15BrN2O/c12-9-6-10(14-7-9)11(15)13-5-4-8-2-1-3-8/h6-8,14H,1-5H2,(H,13,15). The summed E-state index contributed by atoms with van der Waals surface area (Å²) in [6.07, 6.45) is 6.92. The first-order valence-electron chi connectivity index (χ1n) is 5.38. The highest BCUT2D eigenvalue weighted by atomic mass is 79.9. The first-order chi connectivity index (χ1) is 7.25. The second kappa shape index (κ2) is 4.84. The van der Waals surface area contributed by atoms with Gasteiger partial charge in [-0.1, -0.05) is 19.3 Å². The first-order valence-corrected chi connectivity index (χ1v) is 6.17. The van der Waals surface area contributed by atoms with Gasteiger partial charge in [-0.25, -0.2) is 0 Å². The average Bonchev–Trinajstić information content (AvgIpc) is 2.56. The van der Waals surface area contributed by atoms with Crippen molar-refractivity contribution in [3.05, 3.63) is 22.4 Å². The fraction of sp³-hybridized carbons (Fsp3) is 0.545. The van der Waals surface area contributed by atoms with E-state index in [1.54, 1.807) is 12.3 Å². The van der Waals surface area contributed by atoms with Crippen LogP contribution in [0.2, 0.25) is 0 Å². The van der Waals surface area contributed by atoms with Crippen molar-refractivity contribution in [2.24, 2.45) is 5.92 Å². The van der Waals surface area contributed by atoms with Crippen LogP contribution in [0.3, 0.4) is 0 Å². The van der Waals surface area contributed by atoms with E-state index < -0.39 is 0 Å². The van der Waals surface area contributed by atoms with E-state index in [2.05, 4.69) is 26.2 Å². The molecule has 1 fully saturated rings. The molecule has 1 aliphatic carbocycles. The van der Waals surface area contributed by atoms with Crippen LogP contribution >= 0.6 is 15.9 Å². The molecule has 1 amide bonds. The molecule has 15 heavy (non-hydrogen) atoms. The highest BCUT2D eigenvalue weighted by Crippen LogP contribution is 2.28. The van der Waals surface area contributed by atoms with Gasteiger partial charge in [-0.05, 0) is 34.3 Å². The quantitative estimate of drug-likeness (QED) is 0.868. The third kappa shape index (κ3) is 2.84. The molecule has 2 N–H and O–H groups in total. The monoisotopic (exact) mass is 270 g/mol. The molecule has 1 heterocycles. The van der Waals surface area contributed by atoms with Crippen molar-refractivity contribution < 1.29 is 4.79 Å². The summed E-state index contributed by atoms with van der Waals surface area (Å²) >= 11 is 3.30. The number of carbonyl (C=O) groups excluding carboxylic acids is 1. The zero-order valence-corrected chi connectivity index (χ0v) is 10.1. The molecule has 0 aliphatic heterocycles. The van der Waals surface area contributed by atoms with Crippen molar-refractivity contribution in [1.29, 1.82) is 0 Å². The Bertz CT molecular complexity index is 344. The summed E-state index contributed by atoms with van der Waals surface area (Å²) in [5.41, 5.74) is 0.621. The number of halogens is 1. The molecule has 3 nitrogen and oxygen atoms in total. The second-order valence-electron chi connectivity index (χ2n) is 4.07. The molecule has 1 saturated carbocycles. The van der Waals surface area contributed by atoms with E-state index in [1.807, 2.05) is 0 Å². The van der Waals surface area contributed by atoms with Crippen LogP contribution in [0.1, 0.15) is 36.2 Å². The molecule has 0 saturated heterocycles. The average molecular weight is 271 g/mol. The molecule has 0 spiro atoms. The maximum atomic E-state index is 11.6. The maximum Gasteiger partial charge on any atom is 0.267 e. The van der Waals surface area contributed by atoms with Crippen molar-refractivity contribution in [3.63, 3.8) is 0 Å². The molecule has 0 aromatic carbocycles. The van der Waals surface area contributed by atoms with E-state index in [9.17, 15) is 4.79 Å². The summed E-state index contributed by atoms with van der Waals surface area (Å²) in [6.45, 7) is 0.792. The van der Waals surface area contributed by atoms with Crippen LogP contribution in [-0.2, 0) is 0 Å². The van der Waals surface area contributed by atoms with Crippen molar-refractivity contribution in [2.75, 3.05) is 6.54 Å². The van der Waals surface area contributed by atoms with Gasteiger partial charge in [0.2, 0.25) is 0 Å². The molecule has 1 aromatic rings. The van der Waals surface area contributed by atoms with Gasteiger partial charge in [0.1, 0.15) is 5.69 Å². The predicted octanol–water partition coefficient (Wildman–Crippen LogP) is 2.70. The zero-order chi connectivity index (χ0) is 10.7. The first kappa shape index (κ1) is 10.7. The summed E-state index contributed by atoms with van der Waals surface area (Å²) in [4.78, 5) is 14.5. The van der Waals surface area contributed by atoms with Crippen LogP contribution in [0, 0.1) is 5.92 Å². The minimum atomic E-state index is -0.0139. The van der Waals surface area contributed by atoms with Gasteiger partial charge in [-0.3, -0.25) is 4.79 Å². The minimum Gasteiger partial charge on any atom is -0.356 e. The summed E-state index contributed by atoms with van der Waals surface area (Å²) in [5.74, 6) is 0.834. The van der Waals surface area contributed by atoms with Crippen molar-refractivity contribution in [2.45, 2.75) is 25.7 Å². The van der Waals surface area contributed by atoms with Crippen LogP contribution in [0.25, 0.3) is 0 Å². The van der Waals surface area contributed by atoms with Gasteiger partial charge in [0, 0.05) is 17.2 Å². The molecule has 1 aliphatic rings. The van der Waals surface area contributed by atoms with E-state index in [4.69, 9.17) is 0 Å². The third-order valence-corrected chi connectivity index (χ3v) is 3.41. The van der Waals surface area contributed by atoms with E-state index in [0.717, 1.165) is 23.4 Å². The maximum absolute atomic E-state index is 11.6. The fourth-order valence-corrected chi connectivity index (χ4v) is 2.11. The summed E-state index contributed by atoms with van der Waals surface area (Å²) in [5, 5.41) is 2.92. The molecule has 82 valence electrons. The number of hydrogen-bond acceptors (Lipinski definition) is 1. The molecule has 0 radical (unpaired) electrons. The molecule has 4 heteroatoms. The molecule has 2 rings (SSSR count). The van der Waals surface area contributed by atoms with Gasteiger partial charge in [-0.2, -0.15) is 0 Å². The number of aromatic nitrogens is 1. The Balaban J connectivity index is 1.72. The number of carbonyl (C=O) groups is 1. The van der Waals surface area contributed by atoms with Crippen LogP contribution in [0.4, 0.5) is 0 Å². The number of hydrogen-bond donors (Lipinski definition) is 2. The van der Waals surface area contributed by atoms with Gasteiger partial charge in [0.05, 0.1) is 0 Å². The number of H-pyrrole nitrogens is 1. The fourth-order valence-electron chi connectivity index (χ4n) is 1.77. The smallest absolute Gasteiger partial charge is 0.267 e. The predicted molar refractivity (Wildman–Crippen MR) is 62.8 cm³/mol. The number of rotatable bonds is 4. The number of aromatic amines is 1. The van der Waals surface area contributed by atoms with Gasteiger partial charge in [-0.15, -0.1) is 0 Å². The normalized spacial score (nSPS) is 16.1.